The molecule has 1 saturated heterocycles. The number of ether oxygens (including phenoxy) is 2. The van der Waals surface area contributed by atoms with Crippen molar-refractivity contribution in [2.24, 2.45) is 0 Å². The molecule has 7 unspecified atom stereocenters. The predicted octanol–water partition coefficient (Wildman–Crippen LogP) is 19.1. The quantitative estimate of drug-likeness (QED) is 0.0261. The molecular weight excluding hydrogens is 983 g/mol. The van der Waals surface area contributed by atoms with Gasteiger partial charge in [0, 0.05) is 6.42 Å². The number of unbranched alkanes of at least 4 members (excludes halogenated alkanes) is 53. The van der Waals surface area contributed by atoms with Gasteiger partial charge in [-0.25, -0.2) is 0 Å². The minimum absolute atomic E-state index is 0.168. The first-order valence-corrected chi connectivity index (χ1v) is 35.4. The summed E-state index contributed by atoms with van der Waals surface area (Å²) in [5, 5.41) is 54.7. The highest BCUT2D eigenvalue weighted by Crippen LogP contribution is 2.24. The van der Waals surface area contributed by atoms with E-state index >= 15 is 0 Å². The largest absolute Gasteiger partial charge is 0.394 e. The lowest BCUT2D eigenvalue weighted by Gasteiger charge is -2.40. The molecule has 470 valence electrons. The fourth-order valence-corrected chi connectivity index (χ4v) is 11.8. The van der Waals surface area contributed by atoms with Gasteiger partial charge in [-0.2, -0.15) is 0 Å². The van der Waals surface area contributed by atoms with Gasteiger partial charge < -0.3 is 40.3 Å². The first-order valence-electron chi connectivity index (χ1n) is 35.4. The topological polar surface area (TPSA) is 149 Å². The third kappa shape index (κ3) is 49.0. The summed E-state index contributed by atoms with van der Waals surface area (Å²) in [7, 11) is 0. The lowest BCUT2D eigenvalue weighted by atomic mass is 9.99. The molecule has 1 aliphatic rings. The number of hydrogen-bond donors (Lipinski definition) is 6. The molecule has 0 aromatic heterocycles. The molecule has 1 amide bonds. The normalized spacial score (nSPS) is 18.5. The molecule has 9 heteroatoms. The number of rotatable bonds is 63. The smallest absolute Gasteiger partial charge is 0.220 e. The summed E-state index contributed by atoms with van der Waals surface area (Å²) in [4.78, 5) is 13.1. The zero-order valence-corrected chi connectivity index (χ0v) is 52.7. The summed E-state index contributed by atoms with van der Waals surface area (Å²) in [5.41, 5.74) is 0. The second-order valence-electron chi connectivity index (χ2n) is 25.0. The van der Waals surface area contributed by atoms with Crippen molar-refractivity contribution in [3.8, 4) is 0 Å². The van der Waals surface area contributed by atoms with Gasteiger partial charge in [-0.05, 0) is 19.3 Å². The number of carbonyl (C=O) groups excluding carboxylic acids is 1. The maximum Gasteiger partial charge on any atom is 0.220 e. The molecular formula is C70H137NO8. The third-order valence-electron chi connectivity index (χ3n) is 17.4. The Morgan fingerprint density at radius 1 is 0.418 bits per heavy atom. The average Bonchev–Trinajstić information content (AvgIpc) is 3.47. The fraction of sp³-hybridized carbons (Fsp3) is 0.957. The second kappa shape index (κ2) is 60.1. The number of amides is 1. The van der Waals surface area contributed by atoms with Gasteiger partial charge in [-0.1, -0.05) is 360 Å². The van der Waals surface area contributed by atoms with Crippen molar-refractivity contribution in [2.75, 3.05) is 13.2 Å². The van der Waals surface area contributed by atoms with E-state index in [2.05, 4.69) is 19.2 Å². The molecule has 1 aliphatic heterocycles. The maximum absolute atomic E-state index is 13.1. The third-order valence-corrected chi connectivity index (χ3v) is 17.4. The Labute approximate surface area is 490 Å². The highest BCUT2D eigenvalue weighted by Gasteiger charge is 2.44. The molecule has 0 saturated carbocycles. The summed E-state index contributed by atoms with van der Waals surface area (Å²) in [5.74, 6) is -0.168. The molecule has 0 aromatic rings. The van der Waals surface area contributed by atoms with E-state index in [0.717, 1.165) is 38.5 Å². The van der Waals surface area contributed by atoms with Gasteiger partial charge >= 0.3 is 0 Å². The Balaban J connectivity index is 2.04. The number of carbonyl (C=O) groups is 1. The average molecular weight is 1120 g/mol. The van der Waals surface area contributed by atoms with Crippen LogP contribution in [0.4, 0.5) is 0 Å². The van der Waals surface area contributed by atoms with E-state index in [1.807, 2.05) is 6.08 Å². The summed E-state index contributed by atoms with van der Waals surface area (Å²) in [6.45, 7) is 3.84. The van der Waals surface area contributed by atoms with E-state index in [1.165, 1.54) is 315 Å². The zero-order chi connectivity index (χ0) is 57.2. The lowest BCUT2D eigenvalue weighted by molar-refractivity contribution is -0.302. The Bertz CT molecular complexity index is 1250. The number of nitrogens with one attached hydrogen (secondary N) is 1. The summed E-state index contributed by atoms with van der Waals surface area (Å²) in [6.07, 6.45) is 70.5. The van der Waals surface area contributed by atoms with Crippen LogP contribution in [0.3, 0.4) is 0 Å². The first-order chi connectivity index (χ1) is 38.8. The number of aliphatic hydroxyl groups excluding tert-OH is 5. The van der Waals surface area contributed by atoms with Gasteiger partial charge in [-0.3, -0.25) is 4.79 Å². The molecule has 1 rings (SSSR count). The van der Waals surface area contributed by atoms with Crippen molar-refractivity contribution >= 4 is 5.91 Å². The second-order valence-corrected chi connectivity index (χ2v) is 25.0. The summed E-state index contributed by atoms with van der Waals surface area (Å²) >= 11 is 0. The molecule has 0 bridgehead atoms. The highest BCUT2D eigenvalue weighted by atomic mass is 16.7. The molecule has 0 aromatic carbocycles. The van der Waals surface area contributed by atoms with Crippen LogP contribution in [-0.4, -0.2) is 87.5 Å². The van der Waals surface area contributed by atoms with E-state index in [1.54, 1.807) is 6.08 Å². The van der Waals surface area contributed by atoms with Crippen molar-refractivity contribution in [2.45, 2.75) is 416 Å². The van der Waals surface area contributed by atoms with Crippen molar-refractivity contribution in [3.63, 3.8) is 0 Å². The van der Waals surface area contributed by atoms with Crippen LogP contribution in [0, 0.1) is 0 Å². The summed E-state index contributed by atoms with van der Waals surface area (Å²) < 4.78 is 11.3. The molecule has 0 radical (unpaired) electrons. The predicted molar refractivity (Wildman–Crippen MR) is 337 cm³/mol. The van der Waals surface area contributed by atoms with Gasteiger partial charge in [0.25, 0.3) is 0 Å². The Hall–Kier alpha value is -1.07. The van der Waals surface area contributed by atoms with Gasteiger partial charge in [0.2, 0.25) is 5.91 Å². The highest BCUT2D eigenvalue weighted by molar-refractivity contribution is 5.76. The summed E-state index contributed by atoms with van der Waals surface area (Å²) in [6, 6.07) is -0.801. The number of allylic oxidation sites excluding steroid dienone is 1. The monoisotopic (exact) mass is 1120 g/mol. The van der Waals surface area contributed by atoms with Crippen LogP contribution >= 0.6 is 0 Å². The van der Waals surface area contributed by atoms with Gasteiger partial charge in [0.1, 0.15) is 24.4 Å². The van der Waals surface area contributed by atoms with Crippen molar-refractivity contribution in [1.82, 2.24) is 5.32 Å². The van der Waals surface area contributed by atoms with E-state index in [9.17, 15) is 30.3 Å². The fourth-order valence-electron chi connectivity index (χ4n) is 11.8. The van der Waals surface area contributed by atoms with E-state index in [4.69, 9.17) is 9.47 Å². The van der Waals surface area contributed by atoms with Crippen LogP contribution in [0.5, 0.6) is 0 Å². The lowest BCUT2D eigenvalue weighted by Crippen LogP contribution is -2.60. The van der Waals surface area contributed by atoms with Crippen LogP contribution in [-0.2, 0) is 14.3 Å². The molecule has 79 heavy (non-hydrogen) atoms. The maximum atomic E-state index is 13.1. The molecule has 9 nitrogen and oxygen atoms in total. The van der Waals surface area contributed by atoms with Crippen LogP contribution in [0.15, 0.2) is 12.2 Å². The molecule has 0 spiro atoms. The van der Waals surface area contributed by atoms with E-state index in [0.29, 0.717) is 6.42 Å². The molecule has 1 heterocycles. The number of hydrogen-bond acceptors (Lipinski definition) is 8. The van der Waals surface area contributed by atoms with Gasteiger partial charge in [0.15, 0.2) is 6.29 Å². The minimum atomic E-state index is -1.56. The first kappa shape index (κ1) is 75.9. The molecule has 0 aliphatic carbocycles. The minimum Gasteiger partial charge on any atom is -0.394 e. The molecule has 6 N–H and O–H groups in total. The van der Waals surface area contributed by atoms with Gasteiger partial charge in [-0.15, -0.1) is 0 Å². The van der Waals surface area contributed by atoms with Crippen molar-refractivity contribution < 1.29 is 39.8 Å². The number of aliphatic hydroxyl groups is 5. The van der Waals surface area contributed by atoms with E-state index < -0.39 is 49.5 Å². The standard InChI is InChI=1S/C70H137NO8/c1-3-5-7-9-11-13-15-17-19-21-23-24-25-26-27-28-29-30-31-32-33-34-35-36-37-38-39-40-41-42-44-46-48-50-52-54-56-58-60-66(74)71-63(62-78-70-69(77)68(76)67(75)65(61-72)79-70)64(73)59-57-55-53-51-49-47-45-43-22-20-18-16-14-12-10-8-6-4-2/h57,59,63-65,67-70,72-73,75-77H,3-56,58,60-62H2,1-2H3,(H,71,74)/b59-57+. The Kier molecular flexibility index (Phi) is 57.7. The van der Waals surface area contributed by atoms with Crippen LogP contribution in [0.2, 0.25) is 0 Å². The van der Waals surface area contributed by atoms with Gasteiger partial charge in [0.05, 0.1) is 25.4 Å². The van der Waals surface area contributed by atoms with E-state index in [-0.39, 0.29) is 12.5 Å². The molecule has 7 atom stereocenters. The Morgan fingerprint density at radius 2 is 0.696 bits per heavy atom. The van der Waals surface area contributed by atoms with Crippen molar-refractivity contribution in [1.29, 1.82) is 0 Å². The molecule has 1 fully saturated rings. The van der Waals surface area contributed by atoms with Crippen LogP contribution < -0.4 is 5.32 Å². The Morgan fingerprint density at radius 3 is 0.987 bits per heavy atom. The zero-order valence-electron chi connectivity index (χ0n) is 52.7. The van der Waals surface area contributed by atoms with Crippen molar-refractivity contribution in [3.05, 3.63) is 12.2 Å². The van der Waals surface area contributed by atoms with Crippen LogP contribution in [0.25, 0.3) is 0 Å². The SMILES string of the molecule is CCCCCCCCCCCCCCCCCC/C=C/C(O)C(COC1OC(CO)C(O)C(O)C1O)NC(=O)CCCCCCCCCCCCCCCCCCCCCCCCCCCCCCCCCCCCCCCC. The van der Waals surface area contributed by atoms with Crippen LogP contribution in [0.1, 0.15) is 373 Å².